The van der Waals surface area contributed by atoms with Gasteiger partial charge in [-0.2, -0.15) is 0 Å². The fourth-order valence-electron chi connectivity index (χ4n) is 6.19. The van der Waals surface area contributed by atoms with E-state index < -0.39 is 19.2 Å². The summed E-state index contributed by atoms with van der Waals surface area (Å²) in [6.45, 7) is 6.92. The third kappa shape index (κ3) is 4.84. The molecular weight excluding hydrogens is 551 g/mol. The van der Waals surface area contributed by atoms with Gasteiger partial charge < -0.3 is 0 Å². The average Bonchev–Trinajstić information content (AvgIpc) is 3.37. The van der Waals surface area contributed by atoms with Gasteiger partial charge in [0.25, 0.3) is 0 Å². The zero-order valence-corrected chi connectivity index (χ0v) is 25.2. The van der Waals surface area contributed by atoms with E-state index in [-0.39, 0.29) is 10.7 Å². The van der Waals surface area contributed by atoms with Crippen LogP contribution in [-0.4, -0.2) is 4.98 Å². The fourth-order valence-corrected chi connectivity index (χ4v) is 9.36. The molecule has 0 saturated carbocycles. The van der Waals surface area contributed by atoms with Crippen LogP contribution >= 0.6 is 7.53 Å². The molecule has 0 aliphatic heterocycles. The molecule has 0 N–H and O–H groups in total. The molecule has 0 aliphatic carbocycles. The standard InChI is InChI=1S/C39H30F2NP/c1-39(2,3)43-37-19-10-9-16-30(37)31-17-11-18-33(38(31)43)36-23-26(22-35(42-36)32-21-20-27(40)24-34(32)41)29-15-8-7-14-28(29)25-12-5-4-6-13-25/h4-24H,1-3H3. The van der Waals surface area contributed by atoms with E-state index in [1.54, 1.807) is 0 Å². The van der Waals surface area contributed by atoms with Crippen molar-refractivity contribution in [3.63, 3.8) is 0 Å². The van der Waals surface area contributed by atoms with Gasteiger partial charge in [-0.1, -0.05) is 118 Å². The smallest absolute Gasteiger partial charge is 0.135 e. The number of rotatable bonds is 4. The van der Waals surface area contributed by atoms with Crippen molar-refractivity contribution in [3.8, 4) is 44.8 Å². The lowest BCUT2D eigenvalue weighted by molar-refractivity contribution is 0.585. The molecule has 0 amide bonds. The Bertz CT molecular complexity index is 2140. The van der Waals surface area contributed by atoms with Crippen molar-refractivity contribution in [3.05, 3.63) is 139 Å². The summed E-state index contributed by atoms with van der Waals surface area (Å²) >= 11 is 0. The van der Waals surface area contributed by atoms with Crippen LogP contribution in [0.3, 0.4) is 0 Å². The highest BCUT2D eigenvalue weighted by atomic mass is 31.1. The Hall–Kier alpha value is -4.59. The van der Waals surface area contributed by atoms with Gasteiger partial charge in [0, 0.05) is 32.6 Å². The zero-order chi connectivity index (χ0) is 29.7. The Balaban J connectivity index is 1.57. The van der Waals surface area contributed by atoms with Crippen LogP contribution in [-0.2, 0) is 5.16 Å². The summed E-state index contributed by atoms with van der Waals surface area (Å²) in [6.07, 6.45) is 0. The molecule has 2 aromatic heterocycles. The van der Waals surface area contributed by atoms with E-state index in [1.165, 1.54) is 33.1 Å². The van der Waals surface area contributed by atoms with Gasteiger partial charge in [-0.15, -0.1) is 7.53 Å². The van der Waals surface area contributed by atoms with Gasteiger partial charge >= 0.3 is 0 Å². The summed E-state index contributed by atoms with van der Waals surface area (Å²) in [4.78, 5) is 5.10. The van der Waals surface area contributed by atoms with Gasteiger partial charge in [0.15, 0.2) is 0 Å². The maximum Gasteiger partial charge on any atom is 0.135 e. The summed E-state index contributed by atoms with van der Waals surface area (Å²) in [7, 11) is -0.707. The molecule has 7 rings (SSSR count). The molecule has 0 radical (unpaired) electrons. The summed E-state index contributed by atoms with van der Waals surface area (Å²) in [5, 5.41) is 5.20. The number of aromatic nitrogens is 1. The van der Waals surface area contributed by atoms with Crippen LogP contribution in [0.5, 0.6) is 0 Å². The topological polar surface area (TPSA) is 12.9 Å². The average molecular weight is 582 g/mol. The first-order chi connectivity index (χ1) is 20.8. The van der Waals surface area contributed by atoms with E-state index in [0.717, 1.165) is 39.6 Å². The minimum Gasteiger partial charge on any atom is -0.248 e. The summed E-state index contributed by atoms with van der Waals surface area (Å²) in [5.74, 6) is -1.24. The van der Waals surface area contributed by atoms with E-state index in [9.17, 15) is 4.39 Å². The molecule has 5 aromatic carbocycles. The van der Waals surface area contributed by atoms with Gasteiger partial charge in [-0.05, 0) is 57.3 Å². The predicted octanol–water partition coefficient (Wildman–Crippen LogP) is 12.1. The van der Waals surface area contributed by atoms with Crippen LogP contribution in [0.1, 0.15) is 20.8 Å². The Kier molecular flexibility index (Phi) is 6.72. The van der Waals surface area contributed by atoms with Crippen molar-refractivity contribution in [1.82, 2.24) is 4.98 Å². The van der Waals surface area contributed by atoms with E-state index in [4.69, 9.17) is 4.98 Å². The van der Waals surface area contributed by atoms with Gasteiger partial charge in [-0.3, -0.25) is 0 Å². The lowest BCUT2D eigenvalue weighted by Crippen LogP contribution is -2.00. The number of hydrogen-bond acceptors (Lipinski definition) is 1. The minimum atomic E-state index is -0.707. The third-order valence-corrected chi connectivity index (χ3v) is 11.1. The monoisotopic (exact) mass is 581 g/mol. The van der Waals surface area contributed by atoms with Crippen molar-refractivity contribution in [2.24, 2.45) is 0 Å². The lowest BCUT2D eigenvalue weighted by atomic mass is 9.93. The zero-order valence-electron chi connectivity index (χ0n) is 24.3. The van der Waals surface area contributed by atoms with Gasteiger partial charge in [-0.25, -0.2) is 13.8 Å². The van der Waals surface area contributed by atoms with Gasteiger partial charge in [0.2, 0.25) is 0 Å². The first-order valence-corrected chi connectivity index (χ1v) is 15.8. The Morgan fingerprint density at radius 2 is 1.14 bits per heavy atom. The molecule has 43 heavy (non-hydrogen) atoms. The van der Waals surface area contributed by atoms with Crippen LogP contribution in [0.25, 0.3) is 65.8 Å². The number of fused-ring (bicyclic) bond motifs is 3. The van der Waals surface area contributed by atoms with Crippen molar-refractivity contribution in [2.75, 3.05) is 0 Å². The minimum absolute atomic E-state index is 0.0101. The first-order valence-electron chi connectivity index (χ1n) is 14.4. The number of nitrogens with zero attached hydrogens (tertiary/aromatic N) is 1. The van der Waals surface area contributed by atoms with Gasteiger partial charge in [0.05, 0.1) is 11.4 Å². The highest BCUT2D eigenvalue weighted by Gasteiger charge is 2.25. The molecule has 1 atom stereocenters. The molecule has 0 spiro atoms. The normalized spacial score (nSPS) is 12.3. The SMILES string of the molecule is CC(C)(C)p1c2ccccc2c2cccc(-c3cc(-c4ccccc4-c4ccccc4)cc(-c4ccc(F)cc4F)n3)c21. The second-order valence-corrected chi connectivity index (χ2v) is 14.8. The summed E-state index contributed by atoms with van der Waals surface area (Å²) in [5.41, 5.74) is 6.70. The Morgan fingerprint density at radius 1 is 0.535 bits per heavy atom. The largest absolute Gasteiger partial charge is 0.248 e. The van der Waals surface area contributed by atoms with Gasteiger partial charge in [0.1, 0.15) is 11.6 Å². The highest BCUT2D eigenvalue weighted by Crippen LogP contribution is 2.60. The van der Waals surface area contributed by atoms with Crippen LogP contribution in [0.4, 0.5) is 8.78 Å². The van der Waals surface area contributed by atoms with E-state index in [0.29, 0.717) is 5.69 Å². The molecule has 0 saturated heterocycles. The Morgan fingerprint density at radius 3 is 1.86 bits per heavy atom. The van der Waals surface area contributed by atoms with Crippen molar-refractivity contribution in [2.45, 2.75) is 25.9 Å². The maximum absolute atomic E-state index is 15.3. The molecule has 0 fully saturated rings. The molecule has 4 heteroatoms. The first kappa shape index (κ1) is 27.3. The van der Waals surface area contributed by atoms with E-state index in [2.05, 4.69) is 93.6 Å². The van der Waals surface area contributed by atoms with Crippen LogP contribution in [0, 0.1) is 11.6 Å². The predicted molar refractivity (Wildman–Crippen MR) is 179 cm³/mol. The maximum atomic E-state index is 15.3. The van der Waals surface area contributed by atoms with Crippen LogP contribution < -0.4 is 0 Å². The number of halogens is 2. The number of benzene rings is 5. The lowest BCUT2D eigenvalue weighted by Gasteiger charge is -2.22. The molecule has 0 bridgehead atoms. The molecule has 0 aliphatic rings. The summed E-state index contributed by atoms with van der Waals surface area (Å²) < 4.78 is 29.3. The second-order valence-electron chi connectivity index (χ2n) is 11.9. The molecule has 210 valence electrons. The van der Waals surface area contributed by atoms with Crippen LogP contribution in [0.2, 0.25) is 0 Å². The molecule has 7 aromatic rings. The van der Waals surface area contributed by atoms with E-state index >= 15 is 4.39 Å². The van der Waals surface area contributed by atoms with Crippen molar-refractivity contribution >= 4 is 28.5 Å². The fraction of sp³-hybridized carbons (Fsp3) is 0.103. The van der Waals surface area contributed by atoms with Crippen molar-refractivity contribution in [1.29, 1.82) is 0 Å². The number of hydrogen-bond donors (Lipinski definition) is 0. The highest BCUT2D eigenvalue weighted by molar-refractivity contribution is 7.62. The quantitative estimate of drug-likeness (QED) is 0.201. The molecule has 1 nitrogen and oxygen atoms in total. The third-order valence-electron chi connectivity index (χ3n) is 8.00. The van der Waals surface area contributed by atoms with Crippen LogP contribution in [0.15, 0.2) is 127 Å². The molecule has 1 unspecified atom stereocenters. The van der Waals surface area contributed by atoms with Crippen molar-refractivity contribution < 1.29 is 8.78 Å². The summed E-state index contributed by atoms with van der Waals surface area (Å²) in [6, 6.07) is 41.4. The van der Waals surface area contributed by atoms with E-state index in [1.807, 2.05) is 36.4 Å². The molecule has 2 heterocycles. The Labute approximate surface area is 251 Å². The molecular formula is C39H30F2NP. The number of pyridine rings is 1. The second kappa shape index (κ2) is 10.6.